The van der Waals surface area contributed by atoms with Crippen LogP contribution in [0, 0.1) is 17.1 Å². The lowest BCUT2D eigenvalue weighted by Crippen LogP contribution is -2.33. The minimum atomic E-state index is -0.800. The third-order valence-electron chi connectivity index (χ3n) is 6.24. The highest BCUT2D eigenvalue weighted by atomic mass is 19.1. The first-order valence-corrected chi connectivity index (χ1v) is 11.3. The van der Waals surface area contributed by atoms with Gasteiger partial charge in [0.25, 0.3) is 5.91 Å². The van der Waals surface area contributed by atoms with Gasteiger partial charge < -0.3 is 14.8 Å². The van der Waals surface area contributed by atoms with Crippen molar-refractivity contribution in [3.63, 3.8) is 0 Å². The maximum atomic E-state index is 14.4. The van der Waals surface area contributed by atoms with Gasteiger partial charge in [0.1, 0.15) is 5.41 Å². The topological polar surface area (TPSA) is 110 Å². The Kier molecular flexibility index (Phi) is 6.04. The van der Waals surface area contributed by atoms with Crippen LogP contribution in [0.2, 0.25) is 0 Å². The number of ether oxygens (including phenoxy) is 2. The molecule has 9 heteroatoms. The molecule has 1 atom stereocenters. The van der Waals surface area contributed by atoms with Crippen molar-refractivity contribution in [2.24, 2.45) is 0 Å². The minimum absolute atomic E-state index is 0.174. The Balaban J connectivity index is 1.37. The predicted molar refractivity (Wildman–Crippen MR) is 130 cm³/mol. The van der Waals surface area contributed by atoms with E-state index in [-0.39, 0.29) is 30.5 Å². The number of carbonyl (C=O) groups excluding carboxylic acids is 1. The molecule has 0 fully saturated rings. The van der Waals surface area contributed by atoms with E-state index in [0.717, 1.165) is 22.7 Å². The first-order chi connectivity index (χ1) is 17.4. The van der Waals surface area contributed by atoms with E-state index >= 15 is 0 Å². The average Bonchev–Trinajstić information content (AvgIpc) is 2.91. The lowest BCUT2D eigenvalue weighted by Gasteiger charge is -2.30. The third-order valence-corrected chi connectivity index (χ3v) is 6.24. The maximum absolute atomic E-state index is 14.4. The molecule has 1 aliphatic rings. The molecule has 0 unspecified atom stereocenters. The first kappa shape index (κ1) is 23.3. The lowest BCUT2D eigenvalue weighted by atomic mass is 9.79. The number of methoxy groups -OCH3 is 1. The predicted octanol–water partition coefficient (Wildman–Crippen LogP) is 4.08. The summed E-state index contributed by atoms with van der Waals surface area (Å²) in [6, 6.07) is 14.4. The molecule has 36 heavy (non-hydrogen) atoms. The molecule has 1 amide bonds. The van der Waals surface area contributed by atoms with Gasteiger partial charge in [0.05, 0.1) is 56.0 Å². The van der Waals surface area contributed by atoms with Crippen molar-refractivity contribution in [2.45, 2.75) is 25.5 Å². The molecule has 8 nitrogen and oxygen atoms in total. The zero-order valence-electron chi connectivity index (χ0n) is 19.7. The number of halogens is 1. The van der Waals surface area contributed by atoms with Crippen LogP contribution in [0.1, 0.15) is 34.1 Å². The number of hydrogen-bond acceptors (Lipinski definition) is 7. The molecule has 0 radical (unpaired) electrons. The van der Waals surface area contributed by atoms with Crippen molar-refractivity contribution in [3.05, 3.63) is 83.1 Å². The first-order valence-electron chi connectivity index (χ1n) is 11.3. The molecule has 4 heterocycles. The lowest BCUT2D eigenvalue weighted by molar-refractivity contribution is 0.0757. The normalized spacial score (nSPS) is 16.7. The highest BCUT2D eigenvalue weighted by molar-refractivity contribution is 5.94. The smallest absolute Gasteiger partial charge is 0.251 e. The van der Waals surface area contributed by atoms with E-state index in [1.54, 1.807) is 37.4 Å². The van der Waals surface area contributed by atoms with Crippen molar-refractivity contribution in [3.8, 4) is 23.2 Å². The van der Waals surface area contributed by atoms with Gasteiger partial charge in [-0.05, 0) is 48.4 Å². The molecule has 3 aromatic heterocycles. The molecule has 0 spiro atoms. The second kappa shape index (κ2) is 9.32. The number of hydrogen-bond donors (Lipinski definition) is 1. The summed E-state index contributed by atoms with van der Waals surface area (Å²) in [5.41, 5.74) is 3.29. The van der Waals surface area contributed by atoms with Gasteiger partial charge in [0.15, 0.2) is 5.82 Å². The number of pyridine rings is 3. The van der Waals surface area contributed by atoms with E-state index in [1.807, 2.05) is 12.1 Å². The van der Waals surface area contributed by atoms with E-state index in [2.05, 4.69) is 26.3 Å². The number of nitrogens with zero attached hydrogens (tertiary/aromatic N) is 4. The molecule has 0 saturated carbocycles. The number of aromatic nitrogens is 3. The monoisotopic (exact) mass is 483 g/mol. The number of nitrogens with one attached hydrogen (secondary N) is 1. The Hall–Kier alpha value is -4.42. The second-order valence-corrected chi connectivity index (χ2v) is 8.76. The Morgan fingerprint density at radius 2 is 2.08 bits per heavy atom. The number of carbonyl (C=O) groups is 1. The summed E-state index contributed by atoms with van der Waals surface area (Å²) in [5.74, 6) is -0.497. The van der Waals surface area contributed by atoms with E-state index in [4.69, 9.17) is 9.47 Å². The van der Waals surface area contributed by atoms with Gasteiger partial charge in [-0.3, -0.25) is 9.78 Å². The number of amides is 1. The van der Waals surface area contributed by atoms with Gasteiger partial charge in [0, 0.05) is 28.8 Å². The van der Waals surface area contributed by atoms with Crippen LogP contribution in [0.15, 0.2) is 54.9 Å². The summed E-state index contributed by atoms with van der Waals surface area (Å²) in [7, 11) is 1.46. The summed E-state index contributed by atoms with van der Waals surface area (Å²) in [6.45, 7) is 2.68. The van der Waals surface area contributed by atoms with Gasteiger partial charge >= 0.3 is 0 Å². The van der Waals surface area contributed by atoms with Crippen LogP contribution >= 0.6 is 0 Å². The van der Waals surface area contributed by atoms with Crippen molar-refractivity contribution >= 4 is 16.8 Å². The highest BCUT2D eigenvalue weighted by Crippen LogP contribution is 2.32. The van der Waals surface area contributed by atoms with Crippen LogP contribution in [0.25, 0.3) is 22.2 Å². The summed E-state index contributed by atoms with van der Waals surface area (Å²) < 4.78 is 25.0. The van der Waals surface area contributed by atoms with Crippen LogP contribution < -0.4 is 10.1 Å². The average molecular weight is 484 g/mol. The van der Waals surface area contributed by atoms with Crippen molar-refractivity contribution < 1.29 is 18.7 Å². The highest BCUT2D eigenvalue weighted by Gasteiger charge is 2.33. The zero-order valence-corrected chi connectivity index (χ0v) is 19.7. The van der Waals surface area contributed by atoms with Crippen molar-refractivity contribution in [1.82, 2.24) is 20.3 Å². The summed E-state index contributed by atoms with van der Waals surface area (Å²) >= 11 is 0. The Morgan fingerprint density at radius 1 is 1.22 bits per heavy atom. The molecule has 5 rings (SSSR count). The minimum Gasteiger partial charge on any atom is -0.481 e. The molecule has 0 aliphatic carbocycles. The summed E-state index contributed by atoms with van der Waals surface area (Å²) in [6.07, 6.45) is 2.76. The molecule has 1 aromatic carbocycles. The van der Waals surface area contributed by atoms with Gasteiger partial charge in [-0.25, -0.2) is 14.4 Å². The molecule has 4 aromatic rings. The van der Waals surface area contributed by atoms with Crippen LogP contribution in [0.5, 0.6) is 5.88 Å². The SMILES string of the molecule is COc1cc(-c2ccc3cnc(CNC(=O)c4ccc5c(c4)[C@](C)(C#N)COC5)cc3n2)c(F)cn1. The molecule has 0 bridgehead atoms. The van der Waals surface area contributed by atoms with Gasteiger partial charge in [-0.2, -0.15) is 5.26 Å². The summed E-state index contributed by atoms with van der Waals surface area (Å²) in [5, 5.41) is 13.3. The molecule has 1 N–H and O–H groups in total. The van der Waals surface area contributed by atoms with Gasteiger partial charge in [0.2, 0.25) is 5.88 Å². The molecule has 1 aliphatic heterocycles. The second-order valence-electron chi connectivity index (χ2n) is 8.76. The quantitative estimate of drug-likeness (QED) is 0.455. The number of rotatable bonds is 5. The third kappa shape index (κ3) is 4.34. The van der Waals surface area contributed by atoms with Crippen LogP contribution in [0.4, 0.5) is 4.39 Å². The number of fused-ring (bicyclic) bond motifs is 2. The number of nitriles is 1. The van der Waals surface area contributed by atoms with E-state index < -0.39 is 11.2 Å². The van der Waals surface area contributed by atoms with Crippen LogP contribution in [-0.4, -0.2) is 34.6 Å². The van der Waals surface area contributed by atoms with E-state index in [0.29, 0.717) is 29.1 Å². The van der Waals surface area contributed by atoms with Crippen molar-refractivity contribution in [1.29, 1.82) is 5.26 Å². The fraction of sp³-hybridized carbons (Fsp3) is 0.222. The Labute approximate surface area is 206 Å². The molecule has 180 valence electrons. The van der Waals surface area contributed by atoms with E-state index in [9.17, 15) is 14.4 Å². The largest absolute Gasteiger partial charge is 0.481 e. The zero-order chi connectivity index (χ0) is 25.3. The molecule has 0 saturated heterocycles. The van der Waals surface area contributed by atoms with Gasteiger partial charge in [-0.15, -0.1) is 0 Å². The van der Waals surface area contributed by atoms with Crippen LogP contribution in [-0.2, 0) is 23.3 Å². The van der Waals surface area contributed by atoms with Gasteiger partial charge in [-0.1, -0.05) is 6.07 Å². The fourth-order valence-electron chi connectivity index (χ4n) is 4.20. The van der Waals surface area contributed by atoms with Crippen molar-refractivity contribution in [2.75, 3.05) is 13.7 Å². The fourth-order valence-corrected chi connectivity index (χ4v) is 4.20. The van der Waals surface area contributed by atoms with E-state index in [1.165, 1.54) is 13.2 Å². The molecular formula is C27H22FN5O3. The number of benzene rings is 1. The summed E-state index contributed by atoms with van der Waals surface area (Å²) in [4.78, 5) is 25.7. The maximum Gasteiger partial charge on any atom is 0.251 e. The molecular weight excluding hydrogens is 461 g/mol. The Morgan fingerprint density at radius 3 is 2.89 bits per heavy atom. The Bertz CT molecular complexity index is 1530. The standard InChI is InChI=1S/C27H22FN5O3/c1-27(14-29)15-36-13-18-4-3-16(7-21(18)27)26(34)32-11-19-8-24-17(10-30-19)5-6-23(33-24)20-9-25(35-2)31-12-22(20)28/h3-10,12H,11,13,15H2,1-2H3,(H,32,34)/t27-/m1/s1. The van der Waals surface area contributed by atoms with Crippen LogP contribution in [0.3, 0.4) is 0 Å².